The number of nitrogens with two attached hydrogens (primary N) is 1. The van der Waals surface area contributed by atoms with E-state index in [1.54, 1.807) is 18.2 Å². The second-order valence-corrected chi connectivity index (χ2v) is 4.04. The van der Waals surface area contributed by atoms with Crippen molar-refractivity contribution in [1.29, 1.82) is 5.26 Å². The molecule has 1 aromatic rings. The molecule has 1 atom stereocenters. The van der Waals surface area contributed by atoms with Crippen molar-refractivity contribution < 1.29 is 10.2 Å². The molecule has 4 N–H and O–H groups in total. The number of anilines is 1. The molecule has 0 aromatic heterocycles. The van der Waals surface area contributed by atoms with Crippen LogP contribution in [0.15, 0.2) is 23.1 Å². The highest BCUT2D eigenvalue weighted by Gasteiger charge is 2.07. The monoisotopic (exact) mass is 224 g/mol. The van der Waals surface area contributed by atoms with E-state index in [1.165, 1.54) is 11.8 Å². The van der Waals surface area contributed by atoms with Crippen molar-refractivity contribution in [2.75, 3.05) is 18.1 Å². The largest absolute Gasteiger partial charge is 0.397 e. The summed E-state index contributed by atoms with van der Waals surface area (Å²) >= 11 is 1.32. The normalized spacial score (nSPS) is 12.1. The molecule has 5 heteroatoms. The van der Waals surface area contributed by atoms with E-state index in [2.05, 4.69) is 0 Å². The van der Waals surface area contributed by atoms with Gasteiger partial charge in [-0.3, -0.25) is 0 Å². The fourth-order valence-corrected chi connectivity index (χ4v) is 1.92. The second kappa shape index (κ2) is 5.61. The van der Waals surface area contributed by atoms with Crippen molar-refractivity contribution in [3.8, 4) is 6.07 Å². The van der Waals surface area contributed by atoms with Crippen LogP contribution in [0, 0.1) is 11.3 Å². The summed E-state index contributed by atoms with van der Waals surface area (Å²) in [4.78, 5) is 0.751. The molecule has 0 aliphatic heterocycles. The fraction of sp³-hybridized carbons (Fsp3) is 0.300. The van der Waals surface area contributed by atoms with Gasteiger partial charge in [0, 0.05) is 10.6 Å². The minimum Gasteiger partial charge on any atom is -0.397 e. The van der Waals surface area contributed by atoms with Gasteiger partial charge in [0.2, 0.25) is 0 Å². The maximum atomic E-state index is 9.16. The zero-order chi connectivity index (χ0) is 11.3. The van der Waals surface area contributed by atoms with Gasteiger partial charge in [-0.15, -0.1) is 11.8 Å². The first kappa shape index (κ1) is 11.9. The third-order valence-electron chi connectivity index (χ3n) is 1.83. The number of aliphatic hydroxyl groups excluding tert-OH is 2. The van der Waals surface area contributed by atoms with Crippen molar-refractivity contribution >= 4 is 17.4 Å². The zero-order valence-electron chi connectivity index (χ0n) is 8.05. The molecule has 1 unspecified atom stereocenters. The first-order chi connectivity index (χ1) is 7.19. The SMILES string of the molecule is N#Cc1cccc(SCC(O)CO)c1N. The van der Waals surface area contributed by atoms with E-state index < -0.39 is 6.10 Å². The Labute approximate surface area is 92.3 Å². The van der Waals surface area contributed by atoms with Crippen LogP contribution in [0.4, 0.5) is 5.69 Å². The van der Waals surface area contributed by atoms with Crippen LogP contribution in [0.25, 0.3) is 0 Å². The van der Waals surface area contributed by atoms with E-state index in [0.29, 0.717) is 17.0 Å². The number of thioether (sulfide) groups is 1. The number of aliphatic hydroxyl groups is 2. The molecule has 0 amide bonds. The van der Waals surface area contributed by atoms with Crippen LogP contribution in [-0.4, -0.2) is 28.7 Å². The van der Waals surface area contributed by atoms with Crippen LogP contribution >= 0.6 is 11.8 Å². The summed E-state index contributed by atoms with van der Waals surface area (Å²) in [7, 11) is 0. The van der Waals surface area contributed by atoms with Crippen molar-refractivity contribution in [3.63, 3.8) is 0 Å². The predicted octanol–water partition coefficient (Wildman–Crippen LogP) is 0.586. The highest BCUT2D eigenvalue weighted by atomic mass is 32.2. The number of para-hydroxylation sites is 1. The number of rotatable bonds is 4. The fourth-order valence-electron chi connectivity index (χ4n) is 1.01. The zero-order valence-corrected chi connectivity index (χ0v) is 8.87. The summed E-state index contributed by atoms with van der Waals surface area (Å²) in [5, 5.41) is 26.5. The Balaban J connectivity index is 2.74. The van der Waals surface area contributed by atoms with Crippen molar-refractivity contribution in [2.45, 2.75) is 11.0 Å². The molecule has 0 heterocycles. The average molecular weight is 224 g/mol. The van der Waals surface area contributed by atoms with Gasteiger partial charge < -0.3 is 15.9 Å². The molecule has 0 fully saturated rings. The van der Waals surface area contributed by atoms with Gasteiger partial charge >= 0.3 is 0 Å². The summed E-state index contributed by atoms with van der Waals surface area (Å²) in [5.74, 6) is 0.357. The van der Waals surface area contributed by atoms with E-state index in [0.717, 1.165) is 4.90 Å². The first-order valence-corrected chi connectivity index (χ1v) is 5.38. The Kier molecular flexibility index (Phi) is 4.43. The van der Waals surface area contributed by atoms with Crippen LogP contribution in [0.3, 0.4) is 0 Å². The van der Waals surface area contributed by atoms with E-state index in [-0.39, 0.29) is 6.61 Å². The first-order valence-electron chi connectivity index (χ1n) is 4.39. The van der Waals surface area contributed by atoms with Crippen LogP contribution in [0.5, 0.6) is 0 Å². The lowest BCUT2D eigenvalue weighted by molar-refractivity contribution is 0.113. The molecule has 4 nitrogen and oxygen atoms in total. The molecule has 0 radical (unpaired) electrons. The highest BCUT2D eigenvalue weighted by Crippen LogP contribution is 2.27. The van der Waals surface area contributed by atoms with Gasteiger partial charge in [0.1, 0.15) is 6.07 Å². The number of hydrogen-bond donors (Lipinski definition) is 3. The minimum atomic E-state index is -0.764. The van der Waals surface area contributed by atoms with E-state index in [4.69, 9.17) is 21.2 Å². The predicted molar refractivity (Wildman–Crippen MR) is 59.4 cm³/mol. The number of nitrogen functional groups attached to an aromatic ring is 1. The molecule has 0 aliphatic carbocycles. The molecule has 80 valence electrons. The average Bonchev–Trinajstić information content (AvgIpc) is 2.27. The summed E-state index contributed by atoms with van der Waals surface area (Å²) < 4.78 is 0. The van der Waals surface area contributed by atoms with Crippen LogP contribution in [0.1, 0.15) is 5.56 Å². The number of hydrogen-bond acceptors (Lipinski definition) is 5. The van der Waals surface area contributed by atoms with Crippen molar-refractivity contribution in [2.24, 2.45) is 0 Å². The molecular formula is C10H12N2O2S. The Hall–Kier alpha value is -1.22. The van der Waals surface area contributed by atoms with Gasteiger partial charge in [0.25, 0.3) is 0 Å². The minimum absolute atomic E-state index is 0.273. The Morgan fingerprint density at radius 2 is 2.27 bits per heavy atom. The quantitative estimate of drug-likeness (QED) is 0.514. The number of nitriles is 1. The van der Waals surface area contributed by atoms with Crippen molar-refractivity contribution in [3.05, 3.63) is 23.8 Å². The number of benzene rings is 1. The van der Waals surface area contributed by atoms with Gasteiger partial charge in [0.15, 0.2) is 0 Å². The Morgan fingerprint density at radius 3 is 2.87 bits per heavy atom. The lowest BCUT2D eigenvalue weighted by Crippen LogP contribution is -2.14. The molecule has 0 aliphatic rings. The molecule has 0 saturated heterocycles. The molecule has 0 saturated carbocycles. The van der Waals surface area contributed by atoms with Crippen LogP contribution in [0.2, 0.25) is 0 Å². The summed E-state index contributed by atoms with van der Waals surface area (Å²) in [6.45, 7) is -0.273. The standard InChI is InChI=1S/C10H12N2O2S/c11-4-7-2-1-3-9(10(7)12)15-6-8(14)5-13/h1-3,8,13-14H,5-6,12H2. The topological polar surface area (TPSA) is 90.3 Å². The third kappa shape index (κ3) is 3.13. The number of nitrogens with zero attached hydrogens (tertiary/aromatic N) is 1. The summed E-state index contributed by atoms with van der Waals surface area (Å²) in [5.41, 5.74) is 6.59. The molecule has 1 aromatic carbocycles. The van der Waals surface area contributed by atoms with Crippen molar-refractivity contribution in [1.82, 2.24) is 0 Å². The third-order valence-corrected chi connectivity index (χ3v) is 3.05. The lowest BCUT2D eigenvalue weighted by atomic mass is 10.2. The van der Waals surface area contributed by atoms with Gasteiger partial charge in [0.05, 0.1) is 24.0 Å². The molecule has 0 spiro atoms. The highest BCUT2D eigenvalue weighted by molar-refractivity contribution is 7.99. The van der Waals surface area contributed by atoms with Gasteiger partial charge in [-0.05, 0) is 12.1 Å². The summed E-state index contributed by atoms with van der Waals surface area (Å²) in [6, 6.07) is 7.15. The maximum Gasteiger partial charge on any atom is 0.101 e. The van der Waals surface area contributed by atoms with E-state index in [1.807, 2.05) is 6.07 Å². The van der Waals surface area contributed by atoms with E-state index in [9.17, 15) is 0 Å². The van der Waals surface area contributed by atoms with Gasteiger partial charge in [-0.25, -0.2) is 0 Å². The Bertz CT molecular complexity index is 376. The lowest BCUT2D eigenvalue weighted by Gasteiger charge is -2.09. The smallest absolute Gasteiger partial charge is 0.101 e. The molecule has 15 heavy (non-hydrogen) atoms. The summed E-state index contributed by atoms with van der Waals surface area (Å²) in [6.07, 6.45) is -0.764. The van der Waals surface area contributed by atoms with Gasteiger partial charge in [-0.2, -0.15) is 5.26 Å². The molecular weight excluding hydrogens is 212 g/mol. The van der Waals surface area contributed by atoms with E-state index >= 15 is 0 Å². The van der Waals surface area contributed by atoms with Gasteiger partial charge in [-0.1, -0.05) is 6.07 Å². The molecule has 0 bridgehead atoms. The molecule has 1 rings (SSSR count). The second-order valence-electron chi connectivity index (χ2n) is 2.98. The Morgan fingerprint density at radius 1 is 1.53 bits per heavy atom. The van der Waals surface area contributed by atoms with Crippen LogP contribution < -0.4 is 5.73 Å². The van der Waals surface area contributed by atoms with Crippen LogP contribution in [-0.2, 0) is 0 Å². The maximum absolute atomic E-state index is 9.16.